The number of imidazole rings is 1. The summed E-state index contributed by atoms with van der Waals surface area (Å²) in [5.74, 6) is 0.650. The highest BCUT2D eigenvalue weighted by molar-refractivity contribution is 5.88. The predicted octanol–water partition coefficient (Wildman–Crippen LogP) is 3.12. The number of allylic oxidation sites excluding steroid dienone is 4. The van der Waals surface area contributed by atoms with Crippen LogP contribution < -0.4 is 10.7 Å². The van der Waals surface area contributed by atoms with Gasteiger partial charge in [0.1, 0.15) is 11.6 Å². The number of H-pyrrole nitrogens is 1. The molecule has 3 aromatic heterocycles. The van der Waals surface area contributed by atoms with Crippen LogP contribution in [-0.4, -0.2) is 20.7 Å². The van der Waals surface area contributed by atoms with Crippen LogP contribution in [0.5, 0.6) is 0 Å². The minimum absolute atomic E-state index is 0.205. The van der Waals surface area contributed by atoms with Gasteiger partial charge in [-0.1, -0.05) is 6.08 Å². The van der Waals surface area contributed by atoms with Crippen LogP contribution >= 0.6 is 0 Å². The molecule has 1 N–H and O–H groups in total. The van der Waals surface area contributed by atoms with Crippen LogP contribution in [0.4, 0.5) is 10.2 Å². The monoisotopic (exact) mass is 360 g/mol. The molecule has 2 aliphatic rings. The molecule has 0 saturated heterocycles. The molecule has 0 bridgehead atoms. The Labute approximate surface area is 154 Å². The summed E-state index contributed by atoms with van der Waals surface area (Å²) >= 11 is 0. The molecule has 3 aromatic rings. The van der Waals surface area contributed by atoms with Crippen molar-refractivity contribution >= 4 is 23.2 Å². The van der Waals surface area contributed by atoms with Gasteiger partial charge in [-0.25, -0.2) is 14.4 Å². The zero-order valence-corrected chi connectivity index (χ0v) is 14.5. The smallest absolute Gasteiger partial charge is 0.137 e. The Balaban J connectivity index is 1.79. The first kappa shape index (κ1) is 15.8. The molecule has 0 amide bonds. The van der Waals surface area contributed by atoms with Gasteiger partial charge in [-0.05, 0) is 41.9 Å². The summed E-state index contributed by atoms with van der Waals surface area (Å²) < 4.78 is 20.8. The van der Waals surface area contributed by atoms with Crippen molar-refractivity contribution in [3.8, 4) is 0 Å². The highest BCUT2D eigenvalue weighted by atomic mass is 19.1. The number of furan rings is 1. The molecule has 5 rings (SSSR count). The Hall–Kier alpha value is -3.41. The van der Waals surface area contributed by atoms with Crippen molar-refractivity contribution in [3.63, 3.8) is 0 Å². The summed E-state index contributed by atoms with van der Waals surface area (Å²) in [6.07, 6.45) is 15.2. The number of nitrogens with one attached hydrogen (secondary N) is 1. The predicted molar refractivity (Wildman–Crippen MR) is 102 cm³/mol. The van der Waals surface area contributed by atoms with E-state index in [1.807, 2.05) is 36.9 Å². The second-order valence-electron chi connectivity index (χ2n) is 6.59. The zero-order valence-electron chi connectivity index (χ0n) is 14.5. The molecule has 6 heteroatoms. The van der Waals surface area contributed by atoms with Gasteiger partial charge >= 0.3 is 0 Å². The highest BCUT2D eigenvalue weighted by Crippen LogP contribution is 2.28. The Bertz CT molecular complexity index is 1210. The number of hydrogen-bond donors (Lipinski definition) is 1. The fraction of sp³-hybridized carbons (Fsp3) is 0.143. The molecule has 4 heterocycles. The lowest BCUT2D eigenvalue weighted by molar-refractivity contribution is 0.561. The number of aromatic amines is 1. The van der Waals surface area contributed by atoms with E-state index in [2.05, 4.69) is 14.5 Å². The molecular weight excluding hydrogens is 343 g/mol. The van der Waals surface area contributed by atoms with E-state index in [-0.39, 0.29) is 5.83 Å². The third kappa shape index (κ3) is 2.79. The maximum absolute atomic E-state index is 13.4. The number of halogens is 1. The van der Waals surface area contributed by atoms with Gasteiger partial charge < -0.3 is 14.0 Å². The minimum atomic E-state index is -0.205. The first-order valence-electron chi connectivity index (χ1n) is 8.82. The molecule has 27 heavy (non-hydrogen) atoms. The van der Waals surface area contributed by atoms with Crippen LogP contribution in [0, 0.1) is 0 Å². The summed E-state index contributed by atoms with van der Waals surface area (Å²) in [5.41, 5.74) is 4.31. The maximum Gasteiger partial charge on any atom is 0.137 e. The molecule has 134 valence electrons. The summed E-state index contributed by atoms with van der Waals surface area (Å²) in [5, 5.41) is 1.93. The zero-order chi connectivity index (χ0) is 18.2. The molecule has 0 aromatic carbocycles. The molecule has 0 unspecified atom stereocenters. The van der Waals surface area contributed by atoms with E-state index in [1.165, 1.54) is 6.08 Å². The number of aromatic nitrogens is 3. The third-order valence-electron chi connectivity index (χ3n) is 4.89. The Morgan fingerprint density at radius 3 is 3.00 bits per heavy atom. The molecule has 1 aliphatic heterocycles. The van der Waals surface area contributed by atoms with E-state index in [0.29, 0.717) is 13.0 Å². The van der Waals surface area contributed by atoms with Crippen LogP contribution in [0.2, 0.25) is 0 Å². The number of nitrogens with zero attached hydrogens (tertiary/aromatic N) is 3. The molecule has 5 nitrogen and oxygen atoms in total. The highest BCUT2D eigenvalue weighted by Gasteiger charge is 2.17. The van der Waals surface area contributed by atoms with E-state index in [4.69, 9.17) is 9.40 Å². The van der Waals surface area contributed by atoms with Gasteiger partial charge in [-0.3, -0.25) is 0 Å². The van der Waals surface area contributed by atoms with Crippen LogP contribution in [0.1, 0.15) is 24.0 Å². The van der Waals surface area contributed by atoms with Crippen LogP contribution in [0.15, 0.2) is 70.6 Å². The van der Waals surface area contributed by atoms with Crippen molar-refractivity contribution in [3.05, 3.63) is 83.1 Å². The molecule has 0 fully saturated rings. The lowest BCUT2D eigenvalue weighted by Gasteiger charge is -2.11. The van der Waals surface area contributed by atoms with Crippen molar-refractivity contribution in [1.82, 2.24) is 14.5 Å². The van der Waals surface area contributed by atoms with Gasteiger partial charge in [0.2, 0.25) is 0 Å². The van der Waals surface area contributed by atoms with Crippen LogP contribution in [0.25, 0.3) is 11.1 Å². The second kappa shape index (κ2) is 6.39. The molecule has 0 saturated carbocycles. The number of fused-ring (bicyclic) bond motifs is 1. The second-order valence-corrected chi connectivity index (χ2v) is 6.59. The number of aliphatic imine (C=N–C) groups is 1. The fourth-order valence-electron chi connectivity index (χ4n) is 3.61. The summed E-state index contributed by atoms with van der Waals surface area (Å²) in [6.45, 7) is 0.653. The minimum Gasteiger partial charge on any atom is -0.472 e. The van der Waals surface area contributed by atoms with E-state index in [1.54, 1.807) is 18.6 Å². The van der Waals surface area contributed by atoms with Crippen molar-refractivity contribution in [2.75, 3.05) is 0 Å². The average molecular weight is 360 g/mol. The Morgan fingerprint density at radius 2 is 2.19 bits per heavy atom. The number of hydrogen-bond acceptors (Lipinski definition) is 3. The van der Waals surface area contributed by atoms with Crippen molar-refractivity contribution in [1.29, 1.82) is 0 Å². The van der Waals surface area contributed by atoms with E-state index >= 15 is 0 Å². The number of rotatable bonds is 2. The standard InChI is InChI=1S/C21H17FN4O/c22-16-3-1-15(2-4-16)19-20(17-5-8-23-21-18(17)6-9-24-21)26(13-25-19)11-14-7-10-27-12-14/h1,3-4,6-10,12-13,24H,2,5,11H2. The summed E-state index contributed by atoms with van der Waals surface area (Å²) in [7, 11) is 0. The first-order chi connectivity index (χ1) is 13.3. The molecule has 0 radical (unpaired) electrons. The van der Waals surface area contributed by atoms with Gasteiger partial charge in [-0.15, -0.1) is 0 Å². The van der Waals surface area contributed by atoms with Gasteiger partial charge in [0.25, 0.3) is 0 Å². The topological polar surface area (TPSA) is 59.1 Å². The quantitative estimate of drug-likeness (QED) is 0.763. The normalized spacial score (nSPS) is 20.0. The molecule has 0 atom stereocenters. The van der Waals surface area contributed by atoms with Gasteiger partial charge in [0.05, 0.1) is 36.1 Å². The first-order valence-corrected chi connectivity index (χ1v) is 8.82. The fourth-order valence-corrected chi connectivity index (χ4v) is 3.61. The van der Waals surface area contributed by atoms with Gasteiger partial charge in [0.15, 0.2) is 0 Å². The van der Waals surface area contributed by atoms with E-state index < -0.39 is 0 Å². The molecule has 0 spiro atoms. The lowest BCUT2D eigenvalue weighted by atomic mass is 10.0. The Kier molecular flexibility index (Phi) is 3.74. The van der Waals surface area contributed by atoms with E-state index in [0.717, 1.165) is 45.2 Å². The van der Waals surface area contributed by atoms with Gasteiger partial charge in [0, 0.05) is 30.0 Å². The van der Waals surface area contributed by atoms with Crippen molar-refractivity contribution in [2.24, 2.45) is 4.99 Å². The van der Waals surface area contributed by atoms with E-state index in [9.17, 15) is 4.39 Å². The largest absolute Gasteiger partial charge is 0.472 e. The van der Waals surface area contributed by atoms with Gasteiger partial charge in [-0.2, -0.15) is 0 Å². The third-order valence-corrected chi connectivity index (χ3v) is 4.89. The maximum atomic E-state index is 13.4. The molecule has 1 aliphatic carbocycles. The Morgan fingerprint density at radius 1 is 1.22 bits per heavy atom. The van der Waals surface area contributed by atoms with Crippen LogP contribution in [-0.2, 0) is 6.54 Å². The van der Waals surface area contributed by atoms with Crippen molar-refractivity contribution in [2.45, 2.75) is 19.4 Å². The summed E-state index contributed by atoms with van der Waals surface area (Å²) in [6, 6.07) is 3.99. The molecular formula is C21H17FN4O. The van der Waals surface area contributed by atoms with Crippen molar-refractivity contribution < 1.29 is 8.81 Å². The summed E-state index contributed by atoms with van der Waals surface area (Å²) in [4.78, 5) is 12.3. The lowest BCUT2D eigenvalue weighted by Crippen LogP contribution is -2.35. The SMILES string of the molecule is FC1=CCC(=c2ncn(Cc3ccoc3)c2=C2CC=Nc3[nH]ccc32)C=C1. The average Bonchev–Trinajstić information content (AvgIpc) is 3.43. The van der Waals surface area contributed by atoms with Crippen LogP contribution in [0.3, 0.4) is 0 Å².